The highest BCUT2D eigenvalue weighted by Gasteiger charge is 2.73. The Morgan fingerprint density at radius 2 is 0.477 bits per heavy atom. The molecule has 0 spiro atoms. The van der Waals surface area contributed by atoms with Crippen molar-refractivity contribution >= 4 is 31.9 Å². The molecule has 0 radical (unpaired) electrons. The van der Waals surface area contributed by atoms with E-state index < -0.39 is 57.8 Å². The molecule has 0 N–H and O–H groups in total. The van der Waals surface area contributed by atoms with Gasteiger partial charge in [-0.25, -0.2) is 0 Å². The Balaban J connectivity index is 1.84. The molecule has 0 bridgehead atoms. The van der Waals surface area contributed by atoms with E-state index in [9.17, 15) is 52.7 Å². The average Bonchev–Trinajstić information content (AvgIpc) is 2.89. The summed E-state index contributed by atoms with van der Waals surface area (Å²) in [6.07, 6.45) is -23.4. The lowest BCUT2D eigenvalue weighted by Gasteiger charge is -2.38. The van der Waals surface area contributed by atoms with Crippen LogP contribution in [0.25, 0.3) is 11.1 Å². The molecule has 234 valence electrons. The summed E-state index contributed by atoms with van der Waals surface area (Å²) in [6, 6.07) is 12.6. The van der Waals surface area contributed by atoms with Crippen molar-refractivity contribution in [2.75, 3.05) is 0 Å². The molecule has 0 atom stereocenters. The maximum absolute atomic E-state index is 14.4. The van der Waals surface area contributed by atoms with Gasteiger partial charge in [-0.2, -0.15) is 52.7 Å². The topological polar surface area (TPSA) is 0 Å². The van der Waals surface area contributed by atoms with Crippen LogP contribution in [0.4, 0.5) is 52.7 Å². The van der Waals surface area contributed by atoms with Gasteiger partial charge in [-0.15, -0.1) is 0 Å². The van der Waals surface area contributed by atoms with Gasteiger partial charge in [-0.05, 0) is 57.6 Å². The Morgan fingerprint density at radius 3 is 0.659 bits per heavy atom. The lowest BCUT2D eigenvalue weighted by Crippen LogP contribution is -2.54. The largest absolute Gasteiger partial charge is 0.411 e. The van der Waals surface area contributed by atoms with Crippen LogP contribution < -0.4 is 0 Å². The van der Waals surface area contributed by atoms with E-state index in [0.29, 0.717) is 48.5 Å². The quantitative estimate of drug-likeness (QED) is 0.178. The molecule has 0 aliphatic carbocycles. The molecular formula is C30H16Br2F12. The van der Waals surface area contributed by atoms with Crippen molar-refractivity contribution < 1.29 is 52.7 Å². The molecule has 14 heteroatoms. The zero-order chi connectivity index (χ0) is 32.9. The van der Waals surface area contributed by atoms with Crippen molar-refractivity contribution in [3.05, 3.63) is 128 Å². The fourth-order valence-corrected chi connectivity index (χ4v) is 5.72. The van der Waals surface area contributed by atoms with Gasteiger partial charge in [-0.3, -0.25) is 0 Å². The molecule has 0 aliphatic rings. The van der Waals surface area contributed by atoms with E-state index in [2.05, 4.69) is 31.9 Å². The van der Waals surface area contributed by atoms with Crippen LogP contribution in [0.3, 0.4) is 0 Å². The summed E-state index contributed by atoms with van der Waals surface area (Å²) in [5, 5.41) is 0. The fourth-order valence-electron chi connectivity index (χ4n) is 5.19. The highest BCUT2D eigenvalue weighted by molar-refractivity contribution is 9.10. The zero-order valence-corrected chi connectivity index (χ0v) is 24.7. The molecule has 4 aromatic rings. The van der Waals surface area contributed by atoms with Gasteiger partial charge in [0.1, 0.15) is 0 Å². The van der Waals surface area contributed by atoms with E-state index in [0.717, 1.165) is 48.5 Å². The van der Waals surface area contributed by atoms with Crippen LogP contribution in [0.15, 0.2) is 106 Å². The summed E-state index contributed by atoms with van der Waals surface area (Å²) in [6.45, 7) is 0. The van der Waals surface area contributed by atoms with Crippen LogP contribution in [-0.2, 0) is 10.8 Å². The molecule has 4 aromatic carbocycles. The van der Waals surface area contributed by atoms with Crippen molar-refractivity contribution in [2.45, 2.75) is 35.5 Å². The lowest BCUT2D eigenvalue weighted by molar-refractivity contribution is -0.290. The van der Waals surface area contributed by atoms with Crippen molar-refractivity contribution in [1.82, 2.24) is 0 Å². The van der Waals surface area contributed by atoms with Crippen molar-refractivity contribution in [3.63, 3.8) is 0 Å². The van der Waals surface area contributed by atoms with Crippen molar-refractivity contribution in [3.8, 4) is 11.1 Å². The fraction of sp³-hybridized carbons (Fsp3) is 0.200. The zero-order valence-electron chi connectivity index (χ0n) is 21.5. The summed E-state index contributed by atoms with van der Waals surface area (Å²) >= 11 is 5.94. The summed E-state index contributed by atoms with van der Waals surface area (Å²) in [5.41, 5.74) is -13.6. The highest BCUT2D eigenvalue weighted by atomic mass is 79.9. The van der Waals surface area contributed by atoms with Gasteiger partial charge < -0.3 is 0 Å². The second kappa shape index (κ2) is 11.4. The number of hydrogen-bond donors (Lipinski definition) is 0. The Bertz CT molecular complexity index is 1430. The number of hydrogen-bond acceptors (Lipinski definition) is 0. The van der Waals surface area contributed by atoms with Crippen LogP contribution in [0.5, 0.6) is 0 Å². The van der Waals surface area contributed by atoms with Gasteiger partial charge >= 0.3 is 24.7 Å². The van der Waals surface area contributed by atoms with Crippen molar-refractivity contribution in [1.29, 1.82) is 0 Å². The molecule has 0 heterocycles. The molecule has 0 saturated carbocycles. The average molecular weight is 764 g/mol. The van der Waals surface area contributed by atoms with Gasteiger partial charge in [0.15, 0.2) is 0 Å². The minimum atomic E-state index is -5.85. The number of benzene rings is 4. The predicted octanol–water partition coefficient (Wildman–Crippen LogP) is 11.7. The van der Waals surface area contributed by atoms with E-state index in [-0.39, 0.29) is 20.1 Å². The smallest absolute Gasteiger partial charge is 0.169 e. The van der Waals surface area contributed by atoms with E-state index in [1.165, 1.54) is 0 Å². The molecule has 0 saturated heterocycles. The van der Waals surface area contributed by atoms with E-state index in [1.54, 1.807) is 0 Å². The molecule has 0 nitrogen and oxygen atoms in total. The molecule has 4 rings (SSSR count). The first kappa shape index (κ1) is 33.9. The monoisotopic (exact) mass is 762 g/mol. The van der Waals surface area contributed by atoms with Gasteiger partial charge in [0.05, 0.1) is 0 Å². The van der Waals surface area contributed by atoms with Gasteiger partial charge in [0.2, 0.25) is 10.8 Å². The molecule has 0 amide bonds. The van der Waals surface area contributed by atoms with Crippen LogP contribution in [0, 0.1) is 0 Å². The molecule has 0 fully saturated rings. The van der Waals surface area contributed by atoms with Gasteiger partial charge in [-0.1, -0.05) is 105 Å². The maximum Gasteiger partial charge on any atom is 0.411 e. The summed E-state index contributed by atoms with van der Waals surface area (Å²) in [4.78, 5) is 0. The Kier molecular flexibility index (Phi) is 8.79. The molecule has 0 unspecified atom stereocenters. The number of alkyl halides is 12. The van der Waals surface area contributed by atoms with Gasteiger partial charge in [0.25, 0.3) is 0 Å². The number of rotatable bonds is 5. The maximum atomic E-state index is 14.4. The Labute approximate surface area is 259 Å². The second-order valence-corrected chi connectivity index (χ2v) is 11.5. The standard InChI is InChI=1S/C30H16Br2F12/c31-23-13-9-21(10-14-23)25(27(33,34)35,28(36,37)38)19-5-1-17(2-6-19)18-3-7-20(8-4-18)26(29(39,40)41,30(42,43)44)22-11-15-24(32)16-12-22/h1-16H. The predicted molar refractivity (Wildman–Crippen MR) is 146 cm³/mol. The number of halogens is 14. The molecule has 44 heavy (non-hydrogen) atoms. The van der Waals surface area contributed by atoms with E-state index in [4.69, 9.17) is 0 Å². The van der Waals surface area contributed by atoms with Crippen LogP contribution in [0.2, 0.25) is 0 Å². The highest BCUT2D eigenvalue weighted by Crippen LogP contribution is 2.58. The van der Waals surface area contributed by atoms with Crippen LogP contribution in [0.1, 0.15) is 22.3 Å². The minimum Gasteiger partial charge on any atom is -0.169 e. The van der Waals surface area contributed by atoms with Crippen LogP contribution in [-0.4, -0.2) is 24.7 Å². The second-order valence-electron chi connectivity index (χ2n) is 9.66. The van der Waals surface area contributed by atoms with Crippen molar-refractivity contribution in [2.24, 2.45) is 0 Å². The third-order valence-electron chi connectivity index (χ3n) is 7.22. The first-order valence-corrected chi connectivity index (χ1v) is 13.8. The van der Waals surface area contributed by atoms with Gasteiger partial charge in [0, 0.05) is 8.95 Å². The molecule has 0 aliphatic heterocycles. The summed E-state index contributed by atoms with van der Waals surface area (Å²) < 4.78 is 173. The SMILES string of the molecule is FC(F)(F)C(c1ccc(Br)cc1)(c1ccc(-c2ccc(C(c3ccc(Br)cc3)(C(F)(F)F)C(F)(F)F)cc2)cc1)C(F)(F)F. The lowest BCUT2D eigenvalue weighted by atomic mass is 9.72. The van der Waals surface area contributed by atoms with E-state index >= 15 is 0 Å². The third kappa shape index (κ3) is 5.52. The summed E-state index contributed by atoms with van der Waals surface area (Å²) in [7, 11) is 0. The minimum absolute atomic E-state index is 0.0531. The first-order valence-electron chi connectivity index (χ1n) is 12.2. The normalized spacial score (nSPS) is 13.7. The summed E-state index contributed by atoms with van der Waals surface area (Å²) in [5.74, 6) is 0. The molecule has 0 aromatic heterocycles. The first-order chi connectivity index (χ1) is 20.2. The third-order valence-corrected chi connectivity index (χ3v) is 8.28. The Morgan fingerprint density at radius 1 is 0.295 bits per heavy atom. The molecular weight excluding hydrogens is 748 g/mol. The van der Waals surface area contributed by atoms with E-state index in [1.807, 2.05) is 0 Å². The Hall–Kier alpha value is -3.00. The van der Waals surface area contributed by atoms with Crippen LogP contribution >= 0.6 is 31.9 Å².